The summed E-state index contributed by atoms with van der Waals surface area (Å²) in [5.74, 6) is 2.90. The maximum Gasteiger partial charge on any atom is 0.123 e. The second-order valence-corrected chi connectivity index (χ2v) is 5.76. The molecule has 2 aliphatic rings. The maximum atomic E-state index is 9.56. The Morgan fingerprint density at radius 1 is 1.06 bits per heavy atom. The molecule has 2 bridgehead atoms. The molecule has 2 aliphatic carbocycles. The van der Waals surface area contributed by atoms with Gasteiger partial charge in [-0.15, -0.1) is 0 Å². The molecule has 1 aromatic rings. The number of rotatable bonds is 2. The van der Waals surface area contributed by atoms with Gasteiger partial charge in [0, 0.05) is 6.07 Å². The van der Waals surface area contributed by atoms with Gasteiger partial charge in [-0.25, -0.2) is 0 Å². The Morgan fingerprint density at radius 3 is 2.41 bits per heavy atom. The highest BCUT2D eigenvalue weighted by Crippen LogP contribution is 2.43. The fourth-order valence-corrected chi connectivity index (χ4v) is 3.53. The fourth-order valence-electron chi connectivity index (χ4n) is 3.53. The van der Waals surface area contributed by atoms with E-state index in [4.69, 9.17) is 4.74 Å². The molecule has 0 radical (unpaired) electrons. The molecule has 0 aromatic heterocycles. The monoisotopic (exact) mass is 232 g/mol. The Hall–Kier alpha value is -1.18. The van der Waals surface area contributed by atoms with E-state index in [0.29, 0.717) is 11.9 Å². The van der Waals surface area contributed by atoms with Gasteiger partial charge in [0.05, 0.1) is 6.10 Å². The lowest BCUT2D eigenvalue weighted by atomic mass is 9.87. The zero-order chi connectivity index (χ0) is 11.8. The molecular weight excluding hydrogens is 212 g/mol. The van der Waals surface area contributed by atoms with E-state index in [1.165, 1.54) is 32.1 Å². The molecule has 0 amide bonds. The minimum Gasteiger partial charge on any atom is -0.508 e. The summed E-state index contributed by atoms with van der Waals surface area (Å²) in [5, 5.41) is 9.56. The predicted molar refractivity (Wildman–Crippen MR) is 67.3 cm³/mol. The van der Waals surface area contributed by atoms with E-state index < -0.39 is 0 Å². The zero-order valence-corrected chi connectivity index (χ0v) is 10.4. The first-order valence-corrected chi connectivity index (χ1v) is 6.66. The van der Waals surface area contributed by atoms with Gasteiger partial charge in [0.1, 0.15) is 11.5 Å². The first-order valence-electron chi connectivity index (χ1n) is 6.66. The Balaban J connectivity index is 1.70. The van der Waals surface area contributed by atoms with Gasteiger partial charge in [0.25, 0.3) is 0 Å². The van der Waals surface area contributed by atoms with Crippen LogP contribution in [0, 0.1) is 18.8 Å². The van der Waals surface area contributed by atoms with E-state index in [1.807, 2.05) is 13.0 Å². The molecule has 0 saturated heterocycles. The summed E-state index contributed by atoms with van der Waals surface area (Å²) in [6.45, 7) is 1.98. The van der Waals surface area contributed by atoms with E-state index in [2.05, 4.69) is 0 Å². The number of phenols is 1. The second-order valence-electron chi connectivity index (χ2n) is 5.76. The van der Waals surface area contributed by atoms with Crippen LogP contribution < -0.4 is 4.74 Å². The third kappa shape index (κ3) is 2.41. The molecule has 2 nitrogen and oxygen atoms in total. The summed E-state index contributed by atoms with van der Waals surface area (Å²) in [4.78, 5) is 0. The van der Waals surface area contributed by atoms with Crippen molar-refractivity contribution in [1.29, 1.82) is 0 Å². The van der Waals surface area contributed by atoms with Crippen LogP contribution in [0.4, 0.5) is 0 Å². The van der Waals surface area contributed by atoms with Crippen LogP contribution >= 0.6 is 0 Å². The van der Waals surface area contributed by atoms with Crippen molar-refractivity contribution in [3.63, 3.8) is 0 Å². The van der Waals surface area contributed by atoms with E-state index >= 15 is 0 Å². The van der Waals surface area contributed by atoms with Gasteiger partial charge in [0.2, 0.25) is 0 Å². The average molecular weight is 232 g/mol. The molecule has 0 aliphatic heterocycles. The Morgan fingerprint density at radius 2 is 1.76 bits per heavy atom. The number of hydrogen-bond donors (Lipinski definition) is 1. The van der Waals surface area contributed by atoms with Gasteiger partial charge < -0.3 is 9.84 Å². The maximum absolute atomic E-state index is 9.56. The van der Waals surface area contributed by atoms with Gasteiger partial charge in [-0.1, -0.05) is 12.8 Å². The normalized spacial score (nSPS) is 31.5. The number of phenolic OH excluding ortho intramolecular Hbond substituents is 1. The molecule has 2 saturated carbocycles. The molecule has 0 unspecified atom stereocenters. The molecule has 1 aromatic carbocycles. The molecule has 2 fully saturated rings. The molecule has 0 spiro atoms. The van der Waals surface area contributed by atoms with E-state index in [9.17, 15) is 5.11 Å². The van der Waals surface area contributed by atoms with Crippen molar-refractivity contribution in [3.05, 3.63) is 23.8 Å². The first kappa shape index (κ1) is 10.9. The standard InChI is InChI=1S/C15H20O2/c1-10-4-13(16)9-14(5-10)17-15-7-11-2-3-12(6-11)8-15/h4-5,9,11-12,15-16H,2-3,6-8H2,1H3/t11-,12+,15-. The molecule has 2 heteroatoms. The Labute approximate surface area is 103 Å². The molecule has 3 rings (SSSR count). The molecule has 17 heavy (non-hydrogen) atoms. The van der Waals surface area contributed by atoms with E-state index in [0.717, 1.165) is 23.1 Å². The topological polar surface area (TPSA) is 29.5 Å². The van der Waals surface area contributed by atoms with E-state index in [1.54, 1.807) is 12.1 Å². The largest absolute Gasteiger partial charge is 0.508 e. The van der Waals surface area contributed by atoms with Crippen molar-refractivity contribution in [3.8, 4) is 11.5 Å². The highest BCUT2D eigenvalue weighted by atomic mass is 16.5. The number of benzene rings is 1. The van der Waals surface area contributed by atoms with Crippen molar-refractivity contribution in [1.82, 2.24) is 0 Å². The SMILES string of the molecule is Cc1cc(O)cc(O[C@@H]2C[C@@H]3CC[C@@H](C3)C2)c1. The number of aryl methyl sites for hydroxylation is 1. The third-order valence-corrected chi connectivity index (χ3v) is 4.18. The highest BCUT2D eigenvalue weighted by molar-refractivity contribution is 5.37. The van der Waals surface area contributed by atoms with Gasteiger partial charge in [-0.2, -0.15) is 0 Å². The number of hydrogen-bond acceptors (Lipinski definition) is 2. The number of fused-ring (bicyclic) bond motifs is 2. The summed E-state index contributed by atoms with van der Waals surface area (Å²) in [6, 6.07) is 5.50. The summed E-state index contributed by atoms with van der Waals surface area (Å²) in [7, 11) is 0. The second kappa shape index (κ2) is 4.25. The Bertz CT molecular complexity index is 381. The predicted octanol–water partition coefficient (Wildman–Crippen LogP) is 3.66. The summed E-state index contributed by atoms with van der Waals surface area (Å²) in [5.41, 5.74) is 1.05. The van der Waals surface area contributed by atoms with Crippen LogP contribution in [0.25, 0.3) is 0 Å². The summed E-state index contributed by atoms with van der Waals surface area (Å²) >= 11 is 0. The van der Waals surface area contributed by atoms with Crippen LogP contribution in [0.15, 0.2) is 18.2 Å². The van der Waals surface area contributed by atoms with Crippen molar-refractivity contribution in [2.75, 3.05) is 0 Å². The molecular formula is C15H20O2. The quantitative estimate of drug-likeness (QED) is 0.843. The van der Waals surface area contributed by atoms with Crippen molar-refractivity contribution in [2.24, 2.45) is 11.8 Å². The third-order valence-electron chi connectivity index (χ3n) is 4.18. The highest BCUT2D eigenvalue weighted by Gasteiger charge is 2.35. The summed E-state index contributed by atoms with van der Waals surface area (Å²) < 4.78 is 6.04. The molecule has 1 N–H and O–H groups in total. The van der Waals surface area contributed by atoms with Crippen LogP contribution in [0.3, 0.4) is 0 Å². The lowest BCUT2D eigenvalue weighted by molar-refractivity contribution is 0.118. The minimum absolute atomic E-state index is 0.304. The van der Waals surface area contributed by atoms with Crippen molar-refractivity contribution in [2.45, 2.75) is 45.1 Å². The number of ether oxygens (including phenoxy) is 1. The van der Waals surface area contributed by atoms with E-state index in [-0.39, 0.29) is 0 Å². The van der Waals surface area contributed by atoms with Crippen molar-refractivity contribution < 1.29 is 9.84 Å². The average Bonchev–Trinajstić information content (AvgIpc) is 2.56. The fraction of sp³-hybridized carbons (Fsp3) is 0.600. The van der Waals surface area contributed by atoms with Crippen LogP contribution in [0.1, 0.15) is 37.7 Å². The molecule has 3 atom stereocenters. The van der Waals surface area contributed by atoms with Crippen LogP contribution in [0.5, 0.6) is 11.5 Å². The molecule has 92 valence electrons. The van der Waals surface area contributed by atoms with Crippen molar-refractivity contribution >= 4 is 0 Å². The van der Waals surface area contributed by atoms with Crippen LogP contribution in [-0.4, -0.2) is 11.2 Å². The molecule has 0 heterocycles. The van der Waals surface area contributed by atoms with Crippen LogP contribution in [0.2, 0.25) is 0 Å². The lowest BCUT2D eigenvalue weighted by Gasteiger charge is -2.28. The van der Waals surface area contributed by atoms with Gasteiger partial charge in [0.15, 0.2) is 0 Å². The van der Waals surface area contributed by atoms with Gasteiger partial charge >= 0.3 is 0 Å². The number of aromatic hydroxyl groups is 1. The summed E-state index contributed by atoms with van der Waals surface area (Å²) in [6.07, 6.45) is 6.96. The van der Waals surface area contributed by atoms with Gasteiger partial charge in [-0.3, -0.25) is 0 Å². The smallest absolute Gasteiger partial charge is 0.123 e. The lowest BCUT2D eigenvalue weighted by Crippen LogP contribution is -2.26. The Kier molecular flexibility index (Phi) is 2.73. The van der Waals surface area contributed by atoms with Gasteiger partial charge in [-0.05, 0) is 55.7 Å². The minimum atomic E-state index is 0.304. The zero-order valence-electron chi connectivity index (χ0n) is 10.4. The van der Waals surface area contributed by atoms with Crippen LogP contribution in [-0.2, 0) is 0 Å². The first-order chi connectivity index (χ1) is 8.19.